The molecule has 0 radical (unpaired) electrons. The van der Waals surface area contributed by atoms with Gasteiger partial charge in [0.1, 0.15) is 0 Å². The fraction of sp³-hybridized carbons (Fsp3) is 0.867. The van der Waals surface area contributed by atoms with Crippen LogP contribution >= 0.6 is 0 Å². The summed E-state index contributed by atoms with van der Waals surface area (Å²) < 4.78 is 0. The summed E-state index contributed by atoms with van der Waals surface area (Å²) in [6, 6.07) is 0. The molecule has 0 saturated carbocycles. The molecule has 0 saturated heterocycles. The lowest BCUT2D eigenvalue weighted by Gasteiger charge is -2.00. The Hall–Kier alpha value is -0.300. The third-order valence-corrected chi connectivity index (χ3v) is 2.56. The smallest absolute Gasteiger partial charge is 0.00773 e. The van der Waals surface area contributed by atoms with Gasteiger partial charge < -0.3 is 5.73 Å². The zero-order valence-electron chi connectivity index (χ0n) is 11.6. The second kappa shape index (κ2) is 20.2. The highest BCUT2D eigenvalue weighted by molar-refractivity contribution is 4.51. The van der Waals surface area contributed by atoms with Crippen molar-refractivity contribution >= 4 is 0 Å². The van der Waals surface area contributed by atoms with Crippen LogP contribution in [0, 0.1) is 0 Å². The molecule has 1 heteroatoms. The Balaban J connectivity index is 0. The molecule has 16 heavy (non-hydrogen) atoms. The molecule has 0 aliphatic heterocycles. The molecule has 0 fully saturated rings. The van der Waals surface area contributed by atoms with Gasteiger partial charge in [-0.05, 0) is 19.9 Å². The van der Waals surface area contributed by atoms with Gasteiger partial charge in [0.25, 0.3) is 0 Å². The number of hydrogen-bond acceptors (Lipinski definition) is 1. The Labute approximate surface area is 104 Å². The molecule has 0 bridgehead atoms. The molecule has 0 rings (SSSR count). The summed E-state index contributed by atoms with van der Waals surface area (Å²) in [5, 5.41) is 0. The zero-order chi connectivity index (χ0) is 12.5. The van der Waals surface area contributed by atoms with Gasteiger partial charge in [0.05, 0.1) is 0 Å². The van der Waals surface area contributed by atoms with Crippen LogP contribution in [0.25, 0.3) is 0 Å². The van der Waals surface area contributed by atoms with Crippen LogP contribution in [-0.4, -0.2) is 6.54 Å². The number of hydrogen-bond donors (Lipinski definition) is 1. The lowest BCUT2D eigenvalue weighted by atomic mass is 10.1. The van der Waals surface area contributed by atoms with Crippen molar-refractivity contribution in [3.05, 3.63) is 12.7 Å². The van der Waals surface area contributed by atoms with Gasteiger partial charge in [0.15, 0.2) is 0 Å². The van der Waals surface area contributed by atoms with Gasteiger partial charge >= 0.3 is 0 Å². The van der Waals surface area contributed by atoms with Gasteiger partial charge in [-0.25, -0.2) is 0 Å². The summed E-state index contributed by atoms with van der Waals surface area (Å²) >= 11 is 0. The van der Waals surface area contributed by atoms with Crippen LogP contribution in [-0.2, 0) is 0 Å². The molecular formula is C15H33N. The summed E-state index contributed by atoms with van der Waals surface area (Å²) in [7, 11) is 0. The van der Waals surface area contributed by atoms with Gasteiger partial charge in [0, 0.05) is 0 Å². The highest BCUT2D eigenvalue weighted by Crippen LogP contribution is 2.09. The summed E-state index contributed by atoms with van der Waals surface area (Å²) in [6.45, 7) is 8.39. The van der Waals surface area contributed by atoms with Crippen molar-refractivity contribution < 1.29 is 0 Å². The van der Waals surface area contributed by atoms with Crippen LogP contribution in [0.15, 0.2) is 12.7 Å². The first kappa shape index (κ1) is 18.1. The highest BCUT2D eigenvalue weighted by atomic mass is 14.5. The van der Waals surface area contributed by atoms with Crippen LogP contribution in [0.4, 0.5) is 0 Å². The molecule has 0 aliphatic rings. The van der Waals surface area contributed by atoms with Crippen molar-refractivity contribution in [3.63, 3.8) is 0 Å². The zero-order valence-corrected chi connectivity index (χ0v) is 11.6. The molecule has 0 heterocycles. The third-order valence-electron chi connectivity index (χ3n) is 2.56. The van der Waals surface area contributed by atoms with Gasteiger partial charge in [-0.2, -0.15) is 0 Å². The maximum atomic E-state index is 5.42. The van der Waals surface area contributed by atoms with Crippen LogP contribution in [0.2, 0.25) is 0 Å². The van der Waals surface area contributed by atoms with E-state index in [1.165, 1.54) is 64.2 Å². The monoisotopic (exact) mass is 227 g/mol. The Morgan fingerprint density at radius 3 is 1.44 bits per heavy atom. The standard InChI is InChI=1S/C12H27N.C3H6/c1-2-3-4-5-6-7-8-9-10-11-12-13;1-3-2/h2-13H2,1H3;3H,1H2,2H3. The molecular weight excluding hydrogens is 194 g/mol. The van der Waals surface area contributed by atoms with Crippen molar-refractivity contribution in [3.8, 4) is 0 Å². The van der Waals surface area contributed by atoms with E-state index in [9.17, 15) is 0 Å². The van der Waals surface area contributed by atoms with Gasteiger partial charge in [-0.1, -0.05) is 70.8 Å². The highest BCUT2D eigenvalue weighted by Gasteiger charge is 1.91. The molecule has 0 aromatic carbocycles. The van der Waals surface area contributed by atoms with E-state index in [1.807, 2.05) is 6.92 Å². The molecule has 2 N–H and O–H groups in total. The number of rotatable bonds is 10. The minimum Gasteiger partial charge on any atom is -0.330 e. The van der Waals surface area contributed by atoms with E-state index < -0.39 is 0 Å². The quantitative estimate of drug-likeness (QED) is 0.410. The third kappa shape index (κ3) is 23.5. The Bertz CT molecular complexity index is 100. The fourth-order valence-electron chi connectivity index (χ4n) is 1.63. The topological polar surface area (TPSA) is 26.0 Å². The summed E-state index contributed by atoms with van der Waals surface area (Å²) in [6.07, 6.45) is 15.7. The van der Waals surface area contributed by atoms with E-state index >= 15 is 0 Å². The average molecular weight is 227 g/mol. The van der Waals surface area contributed by atoms with E-state index in [2.05, 4.69) is 13.5 Å². The van der Waals surface area contributed by atoms with Crippen molar-refractivity contribution in [1.29, 1.82) is 0 Å². The minimum absolute atomic E-state index is 0.872. The summed E-state index contributed by atoms with van der Waals surface area (Å²) in [5.74, 6) is 0. The van der Waals surface area contributed by atoms with Crippen molar-refractivity contribution in [1.82, 2.24) is 0 Å². The molecule has 0 spiro atoms. The maximum Gasteiger partial charge on any atom is -0.00773 e. The first-order valence-corrected chi connectivity index (χ1v) is 7.10. The molecule has 98 valence electrons. The molecule has 0 aliphatic carbocycles. The van der Waals surface area contributed by atoms with Crippen LogP contribution in [0.1, 0.15) is 78.1 Å². The van der Waals surface area contributed by atoms with Gasteiger partial charge in [-0.3, -0.25) is 0 Å². The molecule has 0 aromatic heterocycles. The van der Waals surface area contributed by atoms with E-state index in [0.29, 0.717) is 0 Å². The normalized spacial score (nSPS) is 9.44. The second-order valence-electron chi connectivity index (χ2n) is 4.38. The maximum absolute atomic E-state index is 5.42. The molecule has 0 amide bonds. The van der Waals surface area contributed by atoms with Crippen molar-refractivity contribution in [2.45, 2.75) is 78.1 Å². The van der Waals surface area contributed by atoms with Gasteiger partial charge in [0.2, 0.25) is 0 Å². The second-order valence-corrected chi connectivity index (χ2v) is 4.38. The minimum atomic E-state index is 0.872. The molecule has 0 aromatic rings. The molecule has 1 nitrogen and oxygen atoms in total. The number of nitrogens with two attached hydrogens (primary N) is 1. The first-order chi connectivity index (χ1) is 7.83. The van der Waals surface area contributed by atoms with E-state index in [-0.39, 0.29) is 0 Å². The molecule has 0 atom stereocenters. The van der Waals surface area contributed by atoms with E-state index in [0.717, 1.165) is 6.54 Å². The van der Waals surface area contributed by atoms with E-state index in [1.54, 1.807) is 6.08 Å². The Morgan fingerprint density at radius 1 is 0.812 bits per heavy atom. The van der Waals surface area contributed by atoms with Crippen LogP contribution in [0.5, 0.6) is 0 Å². The first-order valence-electron chi connectivity index (χ1n) is 7.10. The van der Waals surface area contributed by atoms with Crippen molar-refractivity contribution in [2.75, 3.05) is 6.54 Å². The Morgan fingerprint density at radius 2 is 1.12 bits per heavy atom. The lowest BCUT2D eigenvalue weighted by Crippen LogP contribution is -1.97. The SMILES string of the molecule is C=CC.CCCCCCCCCCCCN. The fourth-order valence-corrected chi connectivity index (χ4v) is 1.63. The lowest BCUT2D eigenvalue weighted by molar-refractivity contribution is 0.558. The molecule has 0 unspecified atom stereocenters. The summed E-state index contributed by atoms with van der Waals surface area (Å²) in [5.41, 5.74) is 5.42. The van der Waals surface area contributed by atoms with E-state index in [4.69, 9.17) is 5.73 Å². The largest absolute Gasteiger partial charge is 0.330 e. The van der Waals surface area contributed by atoms with Crippen LogP contribution in [0.3, 0.4) is 0 Å². The average Bonchev–Trinajstić information content (AvgIpc) is 2.28. The number of unbranched alkanes of at least 4 members (excludes halogenated alkanes) is 9. The van der Waals surface area contributed by atoms with Crippen molar-refractivity contribution in [2.24, 2.45) is 5.73 Å². The van der Waals surface area contributed by atoms with Crippen LogP contribution < -0.4 is 5.73 Å². The summed E-state index contributed by atoms with van der Waals surface area (Å²) in [4.78, 5) is 0. The predicted octanol–water partition coefficient (Wildman–Crippen LogP) is 5.06. The Kier molecular flexibility index (Phi) is 22.8. The number of allylic oxidation sites excluding steroid dienone is 1. The predicted molar refractivity (Wildman–Crippen MR) is 76.8 cm³/mol. The van der Waals surface area contributed by atoms with Gasteiger partial charge in [-0.15, -0.1) is 6.58 Å².